The summed E-state index contributed by atoms with van der Waals surface area (Å²) < 4.78 is 0. The highest BCUT2D eigenvalue weighted by atomic mass is 14.2. The molecule has 0 atom stereocenters. The van der Waals surface area contributed by atoms with Crippen LogP contribution in [0.4, 0.5) is 0 Å². The molecule has 3 aromatic rings. The van der Waals surface area contributed by atoms with Crippen LogP contribution >= 0.6 is 0 Å². The summed E-state index contributed by atoms with van der Waals surface area (Å²) >= 11 is 0. The lowest BCUT2D eigenvalue weighted by molar-refractivity contribution is 1.37. The normalized spacial score (nSPS) is 11.6. The fraction of sp³-hybridized carbons (Fsp3) is 0.0714. The second-order valence-corrected chi connectivity index (χ2v) is 6.92. The lowest BCUT2D eigenvalue weighted by Crippen LogP contribution is -1.99. The van der Waals surface area contributed by atoms with Gasteiger partial charge in [0.1, 0.15) is 0 Å². The molecular formula is C28H26. The Morgan fingerprint density at radius 2 is 1.32 bits per heavy atom. The summed E-state index contributed by atoms with van der Waals surface area (Å²) in [5.74, 6) is 0. The van der Waals surface area contributed by atoms with Crippen molar-refractivity contribution in [1.82, 2.24) is 0 Å². The van der Waals surface area contributed by atoms with Crippen LogP contribution in [-0.2, 0) is 0 Å². The van der Waals surface area contributed by atoms with Gasteiger partial charge in [-0.25, -0.2) is 0 Å². The van der Waals surface area contributed by atoms with E-state index in [1.54, 1.807) is 0 Å². The van der Waals surface area contributed by atoms with Gasteiger partial charge in [-0.3, -0.25) is 0 Å². The van der Waals surface area contributed by atoms with Gasteiger partial charge in [0.25, 0.3) is 0 Å². The fourth-order valence-electron chi connectivity index (χ4n) is 3.78. The van der Waals surface area contributed by atoms with Crippen LogP contribution in [0.25, 0.3) is 39.6 Å². The standard InChI is InChI=1S/C28H26/c1-7-22(20(6)19(4)5)28-24(9-3)23(8-2)27(21-15-11-10-12-16-21)25-17-13-14-18-26(25)28/h7-18H,1-4H2,5-6H3/b22-20-. The summed E-state index contributed by atoms with van der Waals surface area (Å²) in [5.41, 5.74) is 8.89. The summed E-state index contributed by atoms with van der Waals surface area (Å²) in [6.45, 7) is 20.6. The van der Waals surface area contributed by atoms with Crippen molar-refractivity contribution in [3.8, 4) is 11.1 Å². The molecule has 0 aliphatic carbocycles. The molecule has 0 saturated heterocycles. The first-order valence-electron chi connectivity index (χ1n) is 9.43. The Kier molecular flexibility index (Phi) is 5.61. The Bertz CT molecular complexity index is 1120. The second-order valence-electron chi connectivity index (χ2n) is 6.92. The third kappa shape index (κ3) is 3.18. The Labute approximate surface area is 168 Å². The van der Waals surface area contributed by atoms with E-state index in [1.165, 1.54) is 21.9 Å². The zero-order valence-electron chi connectivity index (χ0n) is 16.8. The summed E-state index contributed by atoms with van der Waals surface area (Å²) in [7, 11) is 0. The predicted molar refractivity (Wildman–Crippen MR) is 127 cm³/mol. The minimum atomic E-state index is 1.03. The average molecular weight is 363 g/mol. The highest BCUT2D eigenvalue weighted by Crippen LogP contribution is 2.42. The van der Waals surface area contributed by atoms with Crippen LogP contribution in [0.1, 0.15) is 30.5 Å². The summed E-state index contributed by atoms with van der Waals surface area (Å²) in [6, 6.07) is 19.0. The third-order valence-electron chi connectivity index (χ3n) is 5.28. The minimum Gasteiger partial charge on any atom is -0.0984 e. The van der Waals surface area contributed by atoms with Crippen LogP contribution in [0.5, 0.6) is 0 Å². The Morgan fingerprint density at radius 1 is 0.750 bits per heavy atom. The molecule has 0 radical (unpaired) electrons. The van der Waals surface area contributed by atoms with Gasteiger partial charge in [0.15, 0.2) is 0 Å². The van der Waals surface area contributed by atoms with Crippen LogP contribution < -0.4 is 0 Å². The molecule has 0 fully saturated rings. The van der Waals surface area contributed by atoms with Crippen molar-refractivity contribution in [3.63, 3.8) is 0 Å². The Hall–Kier alpha value is -3.38. The van der Waals surface area contributed by atoms with Crippen molar-refractivity contribution in [2.75, 3.05) is 0 Å². The lowest BCUT2D eigenvalue weighted by atomic mass is 9.82. The number of allylic oxidation sites excluding steroid dienone is 4. The molecule has 0 saturated carbocycles. The van der Waals surface area contributed by atoms with E-state index in [0.717, 1.165) is 33.4 Å². The van der Waals surface area contributed by atoms with Crippen molar-refractivity contribution >= 4 is 28.5 Å². The van der Waals surface area contributed by atoms with E-state index in [-0.39, 0.29) is 0 Å². The van der Waals surface area contributed by atoms with Crippen molar-refractivity contribution in [2.24, 2.45) is 0 Å². The van der Waals surface area contributed by atoms with E-state index in [2.05, 4.69) is 81.8 Å². The molecule has 0 aliphatic heterocycles. The predicted octanol–water partition coefficient (Wildman–Crippen LogP) is 8.33. The number of fused-ring (bicyclic) bond motifs is 1. The van der Waals surface area contributed by atoms with Crippen molar-refractivity contribution < 1.29 is 0 Å². The third-order valence-corrected chi connectivity index (χ3v) is 5.28. The maximum absolute atomic E-state index is 4.14. The van der Waals surface area contributed by atoms with Crippen molar-refractivity contribution in [3.05, 3.63) is 115 Å². The van der Waals surface area contributed by atoms with Gasteiger partial charge in [0.05, 0.1) is 0 Å². The summed E-state index contributed by atoms with van der Waals surface area (Å²) in [4.78, 5) is 0. The summed E-state index contributed by atoms with van der Waals surface area (Å²) in [5, 5.41) is 2.37. The SMILES string of the molecule is C=C/C(=C(\C)C(=C)C)c1c(C=C)c(C=C)c(-c2ccccc2)c2ccccc12. The second kappa shape index (κ2) is 8.10. The smallest absolute Gasteiger partial charge is 0.00240 e. The van der Waals surface area contributed by atoms with Crippen LogP contribution in [0, 0.1) is 0 Å². The van der Waals surface area contributed by atoms with Gasteiger partial charge in [-0.2, -0.15) is 0 Å². The van der Waals surface area contributed by atoms with E-state index in [9.17, 15) is 0 Å². The zero-order chi connectivity index (χ0) is 20.3. The van der Waals surface area contributed by atoms with Gasteiger partial charge in [0, 0.05) is 0 Å². The highest BCUT2D eigenvalue weighted by molar-refractivity contribution is 6.10. The quantitative estimate of drug-likeness (QED) is 0.387. The van der Waals surface area contributed by atoms with Gasteiger partial charge >= 0.3 is 0 Å². The van der Waals surface area contributed by atoms with E-state index < -0.39 is 0 Å². The van der Waals surface area contributed by atoms with Gasteiger partial charge in [-0.15, -0.1) is 0 Å². The Morgan fingerprint density at radius 3 is 1.86 bits per heavy atom. The molecule has 28 heavy (non-hydrogen) atoms. The minimum absolute atomic E-state index is 1.03. The van der Waals surface area contributed by atoms with Crippen LogP contribution in [0.3, 0.4) is 0 Å². The maximum Gasteiger partial charge on any atom is -0.00240 e. The first kappa shape index (κ1) is 19.4. The first-order chi connectivity index (χ1) is 13.5. The van der Waals surface area contributed by atoms with E-state index in [1.807, 2.05) is 31.2 Å². The molecule has 0 nitrogen and oxygen atoms in total. The molecule has 0 heteroatoms. The molecule has 0 unspecified atom stereocenters. The lowest BCUT2D eigenvalue weighted by Gasteiger charge is -2.21. The molecule has 0 aromatic heterocycles. The molecule has 0 heterocycles. The van der Waals surface area contributed by atoms with Crippen LogP contribution in [0.15, 0.2) is 98.1 Å². The molecule has 0 aliphatic rings. The molecule has 0 spiro atoms. The number of hydrogen-bond acceptors (Lipinski definition) is 0. The Balaban J connectivity index is 2.61. The fourth-order valence-corrected chi connectivity index (χ4v) is 3.78. The molecule has 138 valence electrons. The molecule has 0 N–H and O–H groups in total. The van der Waals surface area contributed by atoms with Gasteiger partial charge < -0.3 is 0 Å². The molecule has 3 rings (SSSR count). The number of rotatable bonds is 6. The van der Waals surface area contributed by atoms with Crippen molar-refractivity contribution in [2.45, 2.75) is 13.8 Å². The van der Waals surface area contributed by atoms with Gasteiger partial charge in [-0.05, 0) is 63.6 Å². The van der Waals surface area contributed by atoms with E-state index >= 15 is 0 Å². The monoisotopic (exact) mass is 362 g/mol. The molecule has 0 bridgehead atoms. The molecule has 3 aromatic carbocycles. The maximum atomic E-state index is 4.14. The van der Waals surface area contributed by atoms with Gasteiger partial charge in [-0.1, -0.05) is 105 Å². The van der Waals surface area contributed by atoms with E-state index in [0.29, 0.717) is 0 Å². The first-order valence-corrected chi connectivity index (χ1v) is 9.43. The largest absolute Gasteiger partial charge is 0.0984 e. The van der Waals surface area contributed by atoms with Gasteiger partial charge in [0.2, 0.25) is 0 Å². The van der Waals surface area contributed by atoms with Crippen LogP contribution in [-0.4, -0.2) is 0 Å². The average Bonchev–Trinajstić information content (AvgIpc) is 2.73. The zero-order valence-corrected chi connectivity index (χ0v) is 16.8. The van der Waals surface area contributed by atoms with Crippen molar-refractivity contribution in [1.29, 1.82) is 0 Å². The van der Waals surface area contributed by atoms with Crippen LogP contribution in [0.2, 0.25) is 0 Å². The number of hydrogen-bond donors (Lipinski definition) is 0. The number of benzene rings is 3. The molecule has 0 amide bonds. The topological polar surface area (TPSA) is 0 Å². The molecular weight excluding hydrogens is 336 g/mol. The van der Waals surface area contributed by atoms with E-state index in [4.69, 9.17) is 0 Å². The summed E-state index contributed by atoms with van der Waals surface area (Å²) in [6.07, 6.45) is 5.79. The highest BCUT2D eigenvalue weighted by Gasteiger charge is 2.19.